The Morgan fingerprint density at radius 2 is 1.85 bits per heavy atom. The Bertz CT molecular complexity index is 204. The number of rotatable bonds is 5. The molecule has 0 nitrogen and oxygen atoms in total. The van der Waals surface area contributed by atoms with E-state index >= 15 is 0 Å². The predicted molar refractivity (Wildman–Crippen MR) is 61.7 cm³/mol. The molecule has 0 heterocycles. The molecule has 0 atom stereocenters. The van der Waals surface area contributed by atoms with Crippen LogP contribution in [0.1, 0.15) is 34.1 Å². The summed E-state index contributed by atoms with van der Waals surface area (Å²) in [5.41, 5.74) is 1.49. The van der Waals surface area contributed by atoms with Crippen molar-refractivity contribution >= 4 is 0 Å². The van der Waals surface area contributed by atoms with Crippen LogP contribution in [0.2, 0.25) is 0 Å². The van der Waals surface area contributed by atoms with Crippen LogP contribution >= 0.6 is 0 Å². The zero-order chi connectivity index (χ0) is 10.5. The SMILES string of the molecule is C=C/C=C(\C=C)C(C)(C)CC(C)C. The standard InChI is InChI=1S/C13H22/c1-7-9-12(8-2)13(5,6)10-11(3)4/h7-9,11H,1-2,10H2,3-6H3/b12-9+. The summed E-state index contributed by atoms with van der Waals surface area (Å²) in [6.07, 6.45) is 7.00. The average molecular weight is 178 g/mol. The Morgan fingerprint density at radius 1 is 1.31 bits per heavy atom. The molecule has 0 amide bonds. The van der Waals surface area contributed by atoms with Crippen LogP contribution in [0.3, 0.4) is 0 Å². The minimum Gasteiger partial charge on any atom is -0.0991 e. The van der Waals surface area contributed by atoms with Gasteiger partial charge in [-0.2, -0.15) is 0 Å². The van der Waals surface area contributed by atoms with E-state index in [0.29, 0.717) is 5.92 Å². The monoisotopic (exact) mass is 178 g/mol. The number of allylic oxidation sites excluding steroid dienone is 4. The molecule has 0 bridgehead atoms. The van der Waals surface area contributed by atoms with E-state index in [-0.39, 0.29) is 5.41 Å². The quantitative estimate of drug-likeness (QED) is 0.549. The number of hydrogen-bond acceptors (Lipinski definition) is 0. The normalized spacial score (nSPS) is 13.2. The van der Waals surface area contributed by atoms with Gasteiger partial charge in [-0.05, 0) is 23.3 Å². The van der Waals surface area contributed by atoms with Gasteiger partial charge in [0.05, 0.1) is 0 Å². The van der Waals surface area contributed by atoms with Crippen molar-refractivity contribution in [3.05, 3.63) is 37.0 Å². The highest BCUT2D eigenvalue weighted by Gasteiger charge is 2.21. The van der Waals surface area contributed by atoms with E-state index in [1.807, 2.05) is 12.2 Å². The van der Waals surface area contributed by atoms with E-state index in [2.05, 4.69) is 46.9 Å². The molecule has 0 N–H and O–H groups in total. The first-order valence-corrected chi connectivity index (χ1v) is 4.89. The molecule has 0 spiro atoms. The van der Waals surface area contributed by atoms with Crippen molar-refractivity contribution in [2.75, 3.05) is 0 Å². The van der Waals surface area contributed by atoms with Gasteiger partial charge < -0.3 is 0 Å². The van der Waals surface area contributed by atoms with Gasteiger partial charge in [-0.3, -0.25) is 0 Å². The van der Waals surface area contributed by atoms with Crippen molar-refractivity contribution in [3.63, 3.8) is 0 Å². The maximum absolute atomic E-state index is 3.84. The first kappa shape index (κ1) is 12.2. The molecule has 74 valence electrons. The Labute approximate surface area is 83.0 Å². The third-order valence-corrected chi connectivity index (χ3v) is 2.22. The number of hydrogen-bond donors (Lipinski definition) is 0. The summed E-state index contributed by atoms with van der Waals surface area (Å²) in [5.74, 6) is 0.711. The van der Waals surface area contributed by atoms with E-state index in [9.17, 15) is 0 Å². The molecule has 13 heavy (non-hydrogen) atoms. The summed E-state index contributed by atoms with van der Waals surface area (Å²) in [6.45, 7) is 16.6. The zero-order valence-electron chi connectivity index (χ0n) is 9.43. The predicted octanol–water partition coefficient (Wildman–Crippen LogP) is 4.36. The van der Waals surface area contributed by atoms with E-state index in [1.54, 1.807) is 0 Å². The third-order valence-electron chi connectivity index (χ3n) is 2.22. The van der Waals surface area contributed by atoms with Crippen molar-refractivity contribution in [2.24, 2.45) is 11.3 Å². The van der Waals surface area contributed by atoms with Gasteiger partial charge in [-0.25, -0.2) is 0 Å². The maximum atomic E-state index is 3.84. The first-order valence-electron chi connectivity index (χ1n) is 4.89. The molecule has 0 aliphatic carbocycles. The minimum atomic E-state index is 0.212. The van der Waals surface area contributed by atoms with Crippen LogP contribution in [-0.2, 0) is 0 Å². The fourth-order valence-electron chi connectivity index (χ4n) is 1.84. The van der Waals surface area contributed by atoms with Crippen LogP contribution in [0.15, 0.2) is 37.0 Å². The van der Waals surface area contributed by atoms with Gasteiger partial charge >= 0.3 is 0 Å². The summed E-state index contributed by atoms with van der Waals surface area (Å²) in [6, 6.07) is 0. The van der Waals surface area contributed by atoms with E-state index in [1.165, 1.54) is 12.0 Å². The van der Waals surface area contributed by atoms with E-state index in [0.717, 1.165) is 0 Å². The summed E-state index contributed by atoms with van der Waals surface area (Å²) >= 11 is 0. The van der Waals surface area contributed by atoms with E-state index in [4.69, 9.17) is 0 Å². The Morgan fingerprint density at radius 3 is 2.15 bits per heavy atom. The summed E-state index contributed by atoms with van der Waals surface area (Å²) < 4.78 is 0. The van der Waals surface area contributed by atoms with Crippen molar-refractivity contribution in [1.29, 1.82) is 0 Å². The highest BCUT2D eigenvalue weighted by atomic mass is 14.3. The first-order chi connectivity index (χ1) is 5.94. The molecule has 0 heteroatoms. The second-order valence-corrected chi connectivity index (χ2v) is 4.54. The van der Waals surface area contributed by atoms with Crippen molar-refractivity contribution in [3.8, 4) is 0 Å². The van der Waals surface area contributed by atoms with Crippen LogP contribution in [0.4, 0.5) is 0 Å². The zero-order valence-corrected chi connectivity index (χ0v) is 9.43. The molecule has 0 rings (SSSR count). The highest BCUT2D eigenvalue weighted by Crippen LogP contribution is 2.33. The van der Waals surface area contributed by atoms with Crippen molar-refractivity contribution in [1.82, 2.24) is 0 Å². The second kappa shape index (κ2) is 5.06. The van der Waals surface area contributed by atoms with Crippen LogP contribution in [0.5, 0.6) is 0 Å². The van der Waals surface area contributed by atoms with Gasteiger partial charge in [-0.15, -0.1) is 0 Å². The van der Waals surface area contributed by atoms with Gasteiger partial charge in [-0.1, -0.05) is 59.1 Å². The topological polar surface area (TPSA) is 0 Å². The lowest BCUT2D eigenvalue weighted by atomic mass is 9.77. The smallest absolute Gasteiger partial charge is 0.0101 e. The molecule has 0 aromatic heterocycles. The van der Waals surface area contributed by atoms with Gasteiger partial charge in [0.25, 0.3) is 0 Å². The fourth-order valence-corrected chi connectivity index (χ4v) is 1.84. The molecule has 0 aliphatic rings. The Hall–Kier alpha value is -0.780. The fraction of sp³-hybridized carbons (Fsp3) is 0.538. The third kappa shape index (κ3) is 4.12. The molecule has 0 fully saturated rings. The van der Waals surface area contributed by atoms with Gasteiger partial charge in [0, 0.05) is 0 Å². The summed E-state index contributed by atoms with van der Waals surface area (Å²) in [4.78, 5) is 0. The van der Waals surface area contributed by atoms with Gasteiger partial charge in [0.1, 0.15) is 0 Å². The van der Waals surface area contributed by atoms with Crippen LogP contribution < -0.4 is 0 Å². The van der Waals surface area contributed by atoms with Crippen molar-refractivity contribution in [2.45, 2.75) is 34.1 Å². The second-order valence-electron chi connectivity index (χ2n) is 4.54. The minimum absolute atomic E-state index is 0.212. The summed E-state index contributed by atoms with van der Waals surface area (Å²) in [5, 5.41) is 0. The molecule has 0 aromatic rings. The van der Waals surface area contributed by atoms with E-state index < -0.39 is 0 Å². The van der Waals surface area contributed by atoms with Crippen molar-refractivity contribution < 1.29 is 0 Å². The lowest BCUT2D eigenvalue weighted by Gasteiger charge is -2.28. The van der Waals surface area contributed by atoms with Gasteiger partial charge in [0.15, 0.2) is 0 Å². The van der Waals surface area contributed by atoms with Crippen LogP contribution in [-0.4, -0.2) is 0 Å². The lowest BCUT2D eigenvalue weighted by Crippen LogP contribution is -2.16. The lowest BCUT2D eigenvalue weighted by molar-refractivity contribution is 0.351. The largest absolute Gasteiger partial charge is 0.0991 e. The molecule has 0 radical (unpaired) electrons. The maximum Gasteiger partial charge on any atom is -0.0101 e. The molecule has 0 saturated heterocycles. The Kier molecular flexibility index (Phi) is 4.76. The summed E-state index contributed by atoms with van der Waals surface area (Å²) in [7, 11) is 0. The average Bonchev–Trinajstić information content (AvgIpc) is 1.97. The van der Waals surface area contributed by atoms with Crippen LogP contribution in [0.25, 0.3) is 0 Å². The molecule has 0 saturated carbocycles. The highest BCUT2D eigenvalue weighted by molar-refractivity contribution is 5.27. The molecule has 0 aliphatic heterocycles. The molecular formula is C13H22. The van der Waals surface area contributed by atoms with Gasteiger partial charge in [0.2, 0.25) is 0 Å². The Balaban J connectivity index is 4.66. The van der Waals surface area contributed by atoms with Crippen LogP contribution in [0, 0.1) is 11.3 Å². The molecule has 0 unspecified atom stereocenters. The molecule has 0 aromatic carbocycles. The molecular weight excluding hydrogens is 156 g/mol.